The van der Waals surface area contributed by atoms with Crippen LogP contribution in [0.15, 0.2) is 47.5 Å². The lowest BCUT2D eigenvalue weighted by atomic mass is 10.1. The SMILES string of the molecule is CCCC(Cl)CC(Cl)N1C=CNC1=c1cccc(C=C(Cl)Cl)c1=C1NC=CN1C(Cl)CC(Cl)CCC. The summed E-state index contributed by atoms with van der Waals surface area (Å²) in [6.07, 6.45) is 14.4. The van der Waals surface area contributed by atoms with Gasteiger partial charge < -0.3 is 20.4 Å². The molecular weight excluding hydrogens is 581 g/mol. The predicted octanol–water partition coefficient (Wildman–Crippen LogP) is 7.07. The van der Waals surface area contributed by atoms with E-state index in [0.717, 1.165) is 53.3 Å². The lowest BCUT2D eigenvalue weighted by molar-refractivity contribution is 0.443. The van der Waals surface area contributed by atoms with Gasteiger partial charge in [-0.25, -0.2) is 0 Å². The largest absolute Gasteiger partial charge is 0.346 e. The van der Waals surface area contributed by atoms with Crippen molar-refractivity contribution in [3.63, 3.8) is 0 Å². The molecule has 4 atom stereocenters. The van der Waals surface area contributed by atoms with Crippen LogP contribution in [-0.2, 0) is 0 Å². The van der Waals surface area contributed by atoms with E-state index in [1.807, 2.05) is 52.8 Å². The Hall–Kier alpha value is -0.880. The van der Waals surface area contributed by atoms with E-state index in [4.69, 9.17) is 69.6 Å². The van der Waals surface area contributed by atoms with Crippen molar-refractivity contribution in [1.29, 1.82) is 0 Å². The van der Waals surface area contributed by atoms with Crippen molar-refractivity contribution in [3.8, 4) is 0 Å². The van der Waals surface area contributed by atoms with E-state index in [0.29, 0.717) is 12.8 Å². The van der Waals surface area contributed by atoms with E-state index >= 15 is 0 Å². The Morgan fingerprint density at radius 2 is 1.36 bits per heavy atom. The summed E-state index contributed by atoms with van der Waals surface area (Å²) in [5, 5.41) is 8.48. The second-order valence-corrected chi connectivity index (χ2v) is 12.0. The zero-order chi connectivity index (χ0) is 26.2. The first-order valence-electron chi connectivity index (χ1n) is 12.2. The first-order valence-corrected chi connectivity index (χ1v) is 14.7. The maximum atomic E-state index is 6.88. The first kappa shape index (κ1) is 29.7. The van der Waals surface area contributed by atoms with Gasteiger partial charge in [0.05, 0.1) is 0 Å². The summed E-state index contributed by atoms with van der Waals surface area (Å²) in [6, 6.07) is 5.94. The summed E-state index contributed by atoms with van der Waals surface area (Å²) < 4.78 is 0.150. The minimum Gasteiger partial charge on any atom is -0.346 e. The number of hydrogen-bond acceptors (Lipinski definition) is 4. The fraction of sp³-hybridized carbons (Fsp3) is 0.462. The quantitative estimate of drug-likeness (QED) is 0.207. The van der Waals surface area contributed by atoms with Crippen LogP contribution in [-0.4, -0.2) is 31.6 Å². The highest BCUT2D eigenvalue weighted by Crippen LogP contribution is 2.26. The Morgan fingerprint density at radius 3 is 1.89 bits per heavy atom. The number of halogens is 6. The molecule has 0 radical (unpaired) electrons. The molecule has 0 spiro atoms. The Labute approximate surface area is 244 Å². The van der Waals surface area contributed by atoms with Gasteiger partial charge in [0.25, 0.3) is 0 Å². The van der Waals surface area contributed by atoms with Gasteiger partial charge in [-0.2, -0.15) is 0 Å². The lowest BCUT2D eigenvalue weighted by Crippen LogP contribution is -2.44. The molecule has 10 heteroatoms. The summed E-state index contributed by atoms with van der Waals surface area (Å²) in [5.74, 6) is 1.64. The molecular formula is C26H32Cl6N4. The average Bonchev–Trinajstić information content (AvgIpc) is 3.49. The Bertz CT molecular complexity index is 1100. The van der Waals surface area contributed by atoms with E-state index in [9.17, 15) is 0 Å². The monoisotopic (exact) mass is 610 g/mol. The average molecular weight is 613 g/mol. The summed E-state index contributed by atoms with van der Waals surface area (Å²) in [5.41, 5.74) is 0.155. The van der Waals surface area contributed by atoms with Crippen LogP contribution in [0, 0.1) is 0 Å². The zero-order valence-corrected chi connectivity index (χ0v) is 24.9. The molecule has 0 bridgehead atoms. The fourth-order valence-corrected chi connectivity index (χ4v) is 6.30. The van der Waals surface area contributed by atoms with Crippen LogP contribution in [0.25, 0.3) is 17.7 Å². The third-order valence-electron chi connectivity index (χ3n) is 5.99. The van der Waals surface area contributed by atoms with Crippen molar-refractivity contribution in [3.05, 3.63) is 63.5 Å². The van der Waals surface area contributed by atoms with Gasteiger partial charge in [0.15, 0.2) is 0 Å². The van der Waals surface area contributed by atoms with E-state index in [-0.39, 0.29) is 26.2 Å². The molecule has 0 amide bonds. The van der Waals surface area contributed by atoms with Crippen molar-refractivity contribution in [1.82, 2.24) is 20.4 Å². The number of nitrogens with zero attached hydrogens (tertiary/aromatic N) is 2. The van der Waals surface area contributed by atoms with Crippen molar-refractivity contribution >= 4 is 87.3 Å². The zero-order valence-electron chi connectivity index (χ0n) is 20.3. The maximum absolute atomic E-state index is 6.88. The van der Waals surface area contributed by atoms with Gasteiger partial charge in [-0.15, -0.1) is 23.2 Å². The lowest BCUT2D eigenvalue weighted by Gasteiger charge is -2.27. The van der Waals surface area contributed by atoms with Gasteiger partial charge in [0.2, 0.25) is 0 Å². The Kier molecular flexibility index (Phi) is 11.8. The van der Waals surface area contributed by atoms with Crippen LogP contribution >= 0.6 is 69.6 Å². The van der Waals surface area contributed by atoms with Crippen molar-refractivity contribution in [2.24, 2.45) is 0 Å². The van der Waals surface area contributed by atoms with Crippen LogP contribution in [0.4, 0.5) is 0 Å². The van der Waals surface area contributed by atoms with Gasteiger partial charge in [0, 0.05) is 46.0 Å². The van der Waals surface area contributed by atoms with Gasteiger partial charge >= 0.3 is 0 Å². The molecule has 2 aliphatic heterocycles. The van der Waals surface area contributed by atoms with Crippen molar-refractivity contribution < 1.29 is 0 Å². The molecule has 0 aromatic heterocycles. The number of hydrogen-bond donors (Lipinski definition) is 2. The minimum absolute atomic E-state index is 0.00858. The van der Waals surface area contributed by atoms with Gasteiger partial charge in [0.1, 0.15) is 27.1 Å². The molecule has 0 saturated heterocycles. The highest BCUT2D eigenvalue weighted by atomic mass is 35.5. The molecule has 0 fully saturated rings. The standard InChI is InChI=1S/C26H32Cl6N4/c1-3-6-18(27)15-22(31)35-12-10-33-25(35)20-9-5-8-17(14-21(29)30)24(20)26-34-11-13-36(26)23(32)16-19(28)7-4-2/h5,8-14,18-19,22-23,33-34H,3-4,6-7,15-16H2,1-2H3. The molecule has 3 rings (SSSR count). The molecule has 1 aromatic carbocycles. The van der Waals surface area contributed by atoms with Crippen molar-refractivity contribution in [2.75, 3.05) is 0 Å². The Balaban J connectivity index is 2.16. The molecule has 2 heterocycles. The smallest absolute Gasteiger partial charge is 0.119 e. The number of rotatable bonds is 11. The van der Waals surface area contributed by atoms with Crippen molar-refractivity contribution in [2.45, 2.75) is 74.1 Å². The number of nitrogens with one attached hydrogen (secondary N) is 2. The molecule has 1 aromatic rings. The van der Waals surface area contributed by atoms with E-state index in [2.05, 4.69) is 24.5 Å². The highest BCUT2D eigenvalue weighted by molar-refractivity contribution is 6.57. The third-order valence-corrected chi connectivity index (χ3v) is 7.78. The van der Waals surface area contributed by atoms with Crippen LogP contribution in [0.2, 0.25) is 0 Å². The second-order valence-electron chi connectivity index (χ2n) is 8.75. The second kappa shape index (κ2) is 14.3. The maximum Gasteiger partial charge on any atom is 0.119 e. The normalized spacial score (nSPS) is 21.2. The van der Waals surface area contributed by atoms with Gasteiger partial charge in [-0.1, -0.05) is 91.3 Å². The summed E-state index contributed by atoms with van der Waals surface area (Å²) in [6.45, 7) is 4.23. The van der Waals surface area contributed by atoms with Crippen LogP contribution in [0.1, 0.15) is 57.9 Å². The molecule has 198 valence electrons. The summed E-state index contributed by atoms with van der Waals surface area (Å²) in [4.78, 5) is 4.00. The molecule has 36 heavy (non-hydrogen) atoms. The van der Waals surface area contributed by atoms with E-state index < -0.39 is 0 Å². The van der Waals surface area contributed by atoms with E-state index in [1.165, 1.54) is 0 Å². The molecule has 2 N–H and O–H groups in total. The number of benzene rings is 1. The molecule has 2 aliphatic rings. The van der Waals surface area contributed by atoms with Crippen LogP contribution < -0.4 is 21.1 Å². The van der Waals surface area contributed by atoms with Gasteiger partial charge in [-0.3, -0.25) is 0 Å². The minimum atomic E-state index is -0.348. The predicted molar refractivity (Wildman–Crippen MR) is 158 cm³/mol. The topological polar surface area (TPSA) is 30.5 Å². The number of alkyl halides is 4. The molecule has 4 unspecified atom stereocenters. The molecule has 0 saturated carbocycles. The summed E-state index contributed by atoms with van der Waals surface area (Å²) in [7, 11) is 0. The highest BCUT2D eigenvalue weighted by Gasteiger charge is 2.26. The fourth-order valence-electron chi connectivity index (χ4n) is 4.36. The molecule has 0 aliphatic carbocycles. The van der Waals surface area contributed by atoms with Gasteiger partial charge in [-0.05, 0) is 37.3 Å². The summed E-state index contributed by atoms with van der Waals surface area (Å²) >= 11 is 39.0. The third kappa shape index (κ3) is 7.58. The van der Waals surface area contributed by atoms with E-state index in [1.54, 1.807) is 6.08 Å². The first-order chi connectivity index (χ1) is 17.3. The van der Waals surface area contributed by atoms with Crippen LogP contribution in [0.5, 0.6) is 0 Å². The van der Waals surface area contributed by atoms with Crippen LogP contribution in [0.3, 0.4) is 0 Å². The molecule has 4 nitrogen and oxygen atoms in total. The Morgan fingerprint density at radius 1 is 0.833 bits per heavy atom.